The van der Waals surface area contributed by atoms with Crippen molar-refractivity contribution >= 4 is 11.8 Å². The number of carbonyl (C=O) groups excluding carboxylic acids is 2. The summed E-state index contributed by atoms with van der Waals surface area (Å²) in [4.78, 5) is 23.9. The van der Waals surface area contributed by atoms with Gasteiger partial charge in [0, 0.05) is 0 Å². The van der Waals surface area contributed by atoms with Gasteiger partial charge in [0.05, 0.1) is 11.6 Å². The molecule has 2 atom stereocenters. The molecule has 2 amide bonds. The summed E-state index contributed by atoms with van der Waals surface area (Å²) in [5.41, 5.74) is 6.40. The molecule has 0 heterocycles. The Labute approximate surface area is 139 Å². The fourth-order valence-corrected chi connectivity index (χ4v) is 2.12. The molecule has 2 aromatic carbocycles. The Morgan fingerprint density at radius 2 is 1.88 bits per heavy atom. The molecule has 0 aliphatic carbocycles. The molecule has 122 valence electrons. The minimum absolute atomic E-state index is 0.395. The van der Waals surface area contributed by atoms with E-state index < -0.39 is 24.0 Å². The number of ether oxygens (including phenoxy) is 1. The van der Waals surface area contributed by atoms with Crippen LogP contribution in [-0.2, 0) is 9.59 Å². The lowest BCUT2D eigenvalue weighted by Gasteiger charge is -2.19. The Balaban J connectivity index is 2.06. The average Bonchev–Trinajstić information content (AvgIpc) is 2.60. The monoisotopic (exact) mass is 323 g/mol. The van der Waals surface area contributed by atoms with Gasteiger partial charge in [-0.25, -0.2) is 0 Å². The van der Waals surface area contributed by atoms with Gasteiger partial charge < -0.3 is 15.8 Å². The Hall–Kier alpha value is -3.33. The van der Waals surface area contributed by atoms with E-state index in [1.807, 2.05) is 6.07 Å². The summed E-state index contributed by atoms with van der Waals surface area (Å²) < 4.78 is 5.52. The topological polar surface area (TPSA) is 105 Å². The summed E-state index contributed by atoms with van der Waals surface area (Å²) in [6.45, 7) is 1.55. The number of amides is 2. The summed E-state index contributed by atoms with van der Waals surface area (Å²) in [5.74, 6) is -0.745. The number of nitrogens with two attached hydrogens (primary N) is 1. The van der Waals surface area contributed by atoms with Crippen LogP contribution in [0.15, 0.2) is 54.6 Å². The molecule has 0 saturated heterocycles. The summed E-state index contributed by atoms with van der Waals surface area (Å²) in [6, 6.07) is 16.3. The second-order valence-electron chi connectivity index (χ2n) is 5.15. The van der Waals surface area contributed by atoms with E-state index in [4.69, 9.17) is 15.7 Å². The number of hydrogen-bond acceptors (Lipinski definition) is 4. The first-order chi connectivity index (χ1) is 11.5. The summed E-state index contributed by atoms with van der Waals surface area (Å²) in [6.07, 6.45) is -0.857. The first kappa shape index (κ1) is 17.0. The van der Waals surface area contributed by atoms with Crippen molar-refractivity contribution in [3.8, 4) is 11.8 Å². The van der Waals surface area contributed by atoms with Gasteiger partial charge >= 0.3 is 0 Å². The number of rotatable bonds is 6. The highest BCUT2D eigenvalue weighted by atomic mass is 16.5. The molecule has 24 heavy (non-hydrogen) atoms. The van der Waals surface area contributed by atoms with E-state index in [1.54, 1.807) is 55.5 Å². The molecule has 0 aliphatic heterocycles. The predicted molar refractivity (Wildman–Crippen MR) is 87.8 cm³/mol. The van der Waals surface area contributed by atoms with E-state index in [1.165, 1.54) is 6.07 Å². The highest BCUT2D eigenvalue weighted by Crippen LogP contribution is 2.16. The minimum Gasteiger partial charge on any atom is -0.481 e. The maximum atomic E-state index is 12.3. The normalized spacial score (nSPS) is 12.5. The first-order valence-electron chi connectivity index (χ1n) is 7.32. The van der Waals surface area contributed by atoms with Gasteiger partial charge in [0.1, 0.15) is 11.8 Å². The smallest absolute Gasteiger partial charge is 0.261 e. The van der Waals surface area contributed by atoms with Crippen LogP contribution < -0.4 is 15.8 Å². The van der Waals surface area contributed by atoms with Crippen LogP contribution in [0.5, 0.6) is 5.75 Å². The fourth-order valence-electron chi connectivity index (χ4n) is 2.12. The number of primary amides is 1. The van der Waals surface area contributed by atoms with Crippen molar-refractivity contribution in [2.45, 2.75) is 19.1 Å². The third-order valence-corrected chi connectivity index (χ3v) is 3.35. The molecule has 0 aromatic heterocycles. The van der Waals surface area contributed by atoms with Crippen LogP contribution in [0.25, 0.3) is 0 Å². The number of nitrogens with one attached hydrogen (secondary N) is 1. The molecule has 3 N–H and O–H groups in total. The van der Waals surface area contributed by atoms with Gasteiger partial charge in [-0.15, -0.1) is 0 Å². The molecular formula is C18H17N3O3. The minimum atomic E-state index is -0.935. The molecule has 0 aliphatic rings. The highest BCUT2D eigenvalue weighted by Gasteiger charge is 2.24. The van der Waals surface area contributed by atoms with Gasteiger partial charge in [-0.3, -0.25) is 9.59 Å². The largest absolute Gasteiger partial charge is 0.481 e. The van der Waals surface area contributed by atoms with Crippen molar-refractivity contribution in [1.82, 2.24) is 5.32 Å². The molecule has 0 radical (unpaired) electrons. The predicted octanol–water partition coefficient (Wildman–Crippen LogP) is 1.67. The Kier molecular flexibility index (Phi) is 5.53. The van der Waals surface area contributed by atoms with Gasteiger partial charge in [-0.1, -0.05) is 36.4 Å². The van der Waals surface area contributed by atoms with Crippen molar-refractivity contribution in [1.29, 1.82) is 5.26 Å². The molecule has 0 saturated carbocycles. The van der Waals surface area contributed by atoms with E-state index in [0.29, 0.717) is 16.9 Å². The number of carbonyl (C=O) groups is 2. The lowest BCUT2D eigenvalue weighted by atomic mass is 10.1. The van der Waals surface area contributed by atoms with E-state index >= 15 is 0 Å². The van der Waals surface area contributed by atoms with Crippen LogP contribution in [0.1, 0.15) is 24.1 Å². The Morgan fingerprint density at radius 1 is 1.17 bits per heavy atom. The lowest BCUT2D eigenvalue weighted by Crippen LogP contribution is -2.43. The first-order valence-corrected chi connectivity index (χ1v) is 7.32. The molecule has 0 bridgehead atoms. The van der Waals surface area contributed by atoms with Crippen LogP contribution in [-0.4, -0.2) is 17.9 Å². The number of nitrogens with zero attached hydrogens (tertiary/aromatic N) is 1. The van der Waals surface area contributed by atoms with Crippen LogP contribution >= 0.6 is 0 Å². The average molecular weight is 323 g/mol. The van der Waals surface area contributed by atoms with Crippen LogP contribution in [0, 0.1) is 11.3 Å². The van der Waals surface area contributed by atoms with E-state index in [-0.39, 0.29) is 0 Å². The quantitative estimate of drug-likeness (QED) is 0.843. The van der Waals surface area contributed by atoms with Gasteiger partial charge in [0.25, 0.3) is 5.91 Å². The standard InChI is InChI=1S/C18H17N3O3/c1-12(24-15-9-5-6-13(10-15)11-19)18(23)21-16(17(20)22)14-7-3-2-4-8-14/h2-10,12,16H,1H3,(H2,20,22)(H,21,23)/t12-,16+/m0/s1. The zero-order valence-electron chi connectivity index (χ0n) is 13.1. The molecular weight excluding hydrogens is 306 g/mol. The Bertz CT molecular complexity index is 769. The highest BCUT2D eigenvalue weighted by molar-refractivity contribution is 5.89. The summed E-state index contributed by atoms with van der Waals surface area (Å²) in [5, 5.41) is 11.5. The Morgan fingerprint density at radius 3 is 2.50 bits per heavy atom. The molecule has 2 aromatic rings. The van der Waals surface area contributed by atoms with Crippen molar-refractivity contribution in [3.63, 3.8) is 0 Å². The van der Waals surface area contributed by atoms with Crippen molar-refractivity contribution < 1.29 is 14.3 Å². The number of nitriles is 1. The van der Waals surface area contributed by atoms with Gasteiger partial charge in [-0.2, -0.15) is 5.26 Å². The van der Waals surface area contributed by atoms with Crippen LogP contribution in [0.2, 0.25) is 0 Å². The van der Waals surface area contributed by atoms with Gasteiger partial charge in [0.2, 0.25) is 5.91 Å². The van der Waals surface area contributed by atoms with E-state index in [2.05, 4.69) is 5.32 Å². The zero-order valence-corrected chi connectivity index (χ0v) is 13.1. The molecule has 0 unspecified atom stereocenters. The lowest BCUT2D eigenvalue weighted by molar-refractivity contribution is -0.131. The molecule has 0 spiro atoms. The van der Waals surface area contributed by atoms with Crippen LogP contribution in [0.3, 0.4) is 0 Å². The third-order valence-electron chi connectivity index (χ3n) is 3.35. The number of benzene rings is 2. The van der Waals surface area contributed by atoms with E-state index in [9.17, 15) is 9.59 Å². The second-order valence-corrected chi connectivity index (χ2v) is 5.15. The van der Waals surface area contributed by atoms with Gasteiger partial charge in [0.15, 0.2) is 6.10 Å². The molecule has 2 rings (SSSR count). The third kappa shape index (κ3) is 4.34. The number of hydrogen-bond donors (Lipinski definition) is 2. The summed E-state index contributed by atoms with van der Waals surface area (Å²) in [7, 11) is 0. The zero-order chi connectivity index (χ0) is 17.5. The van der Waals surface area contributed by atoms with Crippen molar-refractivity contribution in [2.75, 3.05) is 0 Å². The van der Waals surface area contributed by atoms with Gasteiger partial charge in [-0.05, 0) is 30.7 Å². The van der Waals surface area contributed by atoms with Crippen LogP contribution in [0.4, 0.5) is 0 Å². The van der Waals surface area contributed by atoms with Crippen molar-refractivity contribution in [3.05, 3.63) is 65.7 Å². The fraction of sp³-hybridized carbons (Fsp3) is 0.167. The molecule has 6 heteroatoms. The maximum Gasteiger partial charge on any atom is 0.261 e. The second kappa shape index (κ2) is 7.79. The van der Waals surface area contributed by atoms with E-state index in [0.717, 1.165) is 0 Å². The van der Waals surface area contributed by atoms with Crippen molar-refractivity contribution in [2.24, 2.45) is 5.73 Å². The molecule has 6 nitrogen and oxygen atoms in total. The summed E-state index contributed by atoms with van der Waals surface area (Å²) >= 11 is 0. The maximum absolute atomic E-state index is 12.3. The SMILES string of the molecule is C[C@H](Oc1cccc(C#N)c1)C(=O)N[C@@H](C(N)=O)c1ccccc1. The molecule has 0 fully saturated rings.